The third-order valence-corrected chi connectivity index (χ3v) is 8.45. The van der Waals surface area contributed by atoms with Crippen LogP contribution in [0.1, 0.15) is 66.7 Å². The van der Waals surface area contributed by atoms with Gasteiger partial charge in [0.1, 0.15) is 17.6 Å². The number of carbonyl (C=O) groups is 3. The van der Waals surface area contributed by atoms with Crippen molar-refractivity contribution in [3.8, 4) is 0 Å². The van der Waals surface area contributed by atoms with Gasteiger partial charge in [-0.3, -0.25) is 14.4 Å². The van der Waals surface area contributed by atoms with Crippen LogP contribution in [0.15, 0.2) is 25.3 Å². The lowest BCUT2D eigenvalue weighted by Gasteiger charge is -2.41. The molecule has 1 N–H and O–H groups in total. The van der Waals surface area contributed by atoms with Gasteiger partial charge in [0.25, 0.3) is 0 Å². The smallest absolute Gasteiger partial charge is 0.312 e. The van der Waals surface area contributed by atoms with Crippen molar-refractivity contribution in [2.24, 2.45) is 17.8 Å². The van der Waals surface area contributed by atoms with Crippen molar-refractivity contribution in [2.45, 2.75) is 96.1 Å². The van der Waals surface area contributed by atoms with Crippen molar-refractivity contribution in [3.63, 3.8) is 0 Å². The van der Waals surface area contributed by atoms with Gasteiger partial charge >= 0.3 is 5.97 Å². The van der Waals surface area contributed by atoms with Crippen LogP contribution in [-0.2, 0) is 23.9 Å². The number of esters is 1. The van der Waals surface area contributed by atoms with Crippen molar-refractivity contribution in [1.82, 2.24) is 9.80 Å². The van der Waals surface area contributed by atoms with E-state index in [1.54, 1.807) is 22.0 Å². The summed E-state index contributed by atoms with van der Waals surface area (Å²) in [7, 11) is 0. The Kier molecular flexibility index (Phi) is 8.71. The van der Waals surface area contributed by atoms with E-state index < -0.39 is 41.1 Å². The minimum atomic E-state index is -1.13. The minimum absolute atomic E-state index is 0.0991. The van der Waals surface area contributed by atoms with Gasteiger partial charge in [0, 0.05) is 12.6 Å². The zero-order chi connectivity index (χ0) is 26.8. The number of likely N-dealkylation sites (tertiary alicyclic amines) is 1. The van der Waals surface area contributed by atoms with Crippen LogP contribution in [0.4, 0.5) is 0 Å². The molecule has 0 aromatic rings. The van der Waals surface area contributed by atoms with E-state index in [0.29, 0.717) is 32.2 Å². The summed E-state index contributed by atoms with van der Waals surface area (Å²) in [5.74, 6) is -2.68. The van der Waals surface area contributed by atoms with Crippen LogP contribution in [0, 0.1) is 17.8 Å². The molecule has 3 aliphatic rings. The average molecular weight is 505 g/mol. The zero-order valence-corrected chi connectivity index (χ0v) is 22.6. The number of hydrogen-bond donors (Lipinski definition) is 1. The van der Waals surface area contributed by atoms with Crippen molar-refractivity contribution < 1.29 is 29.0 Å². The van der Waals surface area contributed by atoms with Gasteiger partial charge < -0.3 is 24.4 Å². The van der Waals surface area contributed by atoms with Crippen molar-refractivity contribution in [1.29, 1.82) is 0 Å². The number of aliphatic hydroxyl groups is 1. The molecule has 3 heterocycles. The molecule has 0 radical (unpaired) electrons. The SMILES string of the molecule is C=CCCCOC(=O)[C@@H]1[C@H]2C(=O)N([C@@H](CO)C(C)C)C(C(=O)N(CC=C)C(C)C)C23CC[C@@]1(CC)O3. The first kappa shape index (κ1) is 28.4. The van der Waals surface area contributed by atoms with Crippen LogP contribution >= 0.6 is 0 Å². The van der Waals surface area contributed by atoms with Gasteiger partial charge in [0.15, 0.2) is 0 Å². The lowest BCUT2D eigenvalue weighted by Crippen LogP contribution is -2.60. The molecule has 3 fully saturated rings. The van der Waals surface area contributed by atoms with Crippen LogP contribution in [-0.4, -0.2) is 81.8 Å². The van der Waals surface area contributed by atoms with Gasteiger partial charge in [-0.15, -0.1) is 13.2 Å². The molecule has 8 heteroatoms. The first-order chi connectivity index (χ1) is 17.1. The first-order valence-corrected chi connectivity index (χ1v) is 13.4. The molecule has 6 atom stereocenters. The second-order valence-corrected chi connectivity index (χ2v) is 11.0. The van der Waals surface area contributed by atoms with Crippen LogP contribution in [0.25, 0.3) is 0 Å². The largest absolute Gasteiger partial charge is 0.465 e. The van der Waals surface area contributed by atoms with E-state index in [0.717, 1.165) is 6.42 Å². The third-order valence-electron chi connectivity index (χ3n) is 8.45. The fraction of sp³-hybridized carbons (Fsp3) is 0.750. The molecule has 202 valence electrons. The predicted octanol–water partition coefficient (Wildman–Crippen LogP) is 3.09. The summed E-state index contributed by atoms with van der Waals surface area (Å²) in [6.07, 6.45) is 6.45. The maximum absolute atomic E-state index is 14.2. The minimum Gasteiger partial charge on any atom is -0.465 e. The highest BCUT2D eigenvalue weighted by molar-refractivity contribution is 5.99. The number of rotatable bonds is 13. The van der Waals surface area contributed by atoms with E-state index in [9.17, 15) is 19.5 Å². The van der Waals surface area contributed by atoms with Crippen molar-refractivity contribution in [2.75, 3.05) is 19.8 Å². The second-order valence-electron chi connectivity index (χ2n) is 11.0. The van der Waals surface area contributed by atoms with Crippen molar-refractivity contribution >= 4 is 17.8 Å². The Morgan fingerprint density at radius 2 is 1.94 bits per heavy atom. The number of amides is 2. The normalized spacial score (nSPS) is 31.6. The number of unbranched alkanes of at least 4 members (excludes halogenated alkanes) is 1. The van der Waals surface area contributed by atoms with E-state index in [-0.39, 0.29) is 37.0 Å². The maximum Gasteiger partial charge on any atom is 0.312 e. The molecule has 3 aliphatic heterocycles. The molecule has 2 unspecified atom stereocenters. The molecule has 1 spiro atoms. The average Bonchev–Trinajstić information content (AvgIpc) is 3.44. The Labute approximate surface area is 215 Å². The number of nitrogens with zero attached hydrogens (tertiary/aromatic N) is 2. The molecular formula is C28H44N2O6. The Balaban J connectivity index is 2.10. The van der Waals surface area contributed by atoms with Gasteiger partial charge in [-0.25, -0.2) is 0 Å². The number of allylic oxidation sites excluding steroid dienone is 1. The Hall–Kier alpha value is -2.19. The summed E-state index contributed by atoms with van der Waals surface area (Å²) in [4.78, 5) is 45.2. The lowest BCUT2D eigenvalue weighted by atomic mass is 9.65. The Morgan fingerprint density at radius 1 is 1.25 bits per heavy atom. The molecule has 0 aromatic heterocycles. The van der Waals surface area contributed by atoms with Crippen LogP contribution in [0.3, 0.4) is 0 Å². The monoisotopic (exact) mass is 504 g/mol. The molecule has 2 bridgehead atoms. The molecule has 8 nitrogen and oxygen atoms in total. The van der Waals surface area contributed by atoms with Gasteiger partial charge in [0.05, 0.1) is 30.8 Å². The molecule has 3 rings (SSSR count). The van der Waals surface area contributed by atoms with Crippen LogP contribution < -0.4 is 0 Å². The van der Waals surface area contributed by atoms with E-state index in [2.05, 4.69) is 13.2 Å². The number of fused-ring (bicyclic) bond motifs is 1. The Morgan fingerprint density at radius 3 is 2.47 bits per heavy atom. The summed E-state index contributed by atoms with van der Waals surface area (Å²) in [5.41, 5.74) is -1.97. The van der Waals surface area contributed by atoms with Gasteiger partial charge in [-0.05, 0) is 51.9 Å². The highest BCUT2D eigenvalue weighted by atomic mass is 16.6. The van der Waals surface area contributed by atoms with Gasteiger partial charge in [-0.2, -0.15) is 0 Å². The second kappa shape index (κ2) is 11.1. The van der Waals surface area contributed by atoms with E-state index in [4.69, 9.17) is 9.47 Å². The number of carbonyl (C=O) groups excluding carboxylic acids is 3. The summed E-state index contributed by atoms with van der Waals surface area (Å²) < 4.78 is 12.4. The quantitative estimate of drug-likeness (QED) is 0.235. The summed E-state index contributed by atoms with van der Waals surface area (Å²) in [6, 6.07) is -1.63. The van der Waals surface area contributed by atoms with E-state index in [1.807, 2.05) is 34.6 Å². The van der Waals surface area contributed by atoms with Crippen molar-refractivity contribution in [3.05, 3.63) is 25.3 Å². The van der Waals surface area contributed by atoms with E-state index in [1.165, 1.54) is 0 Å². The molecule has 0 saturated carbocycles. The highest BCUT2D eigenvalue weighted by Crippen LogP contribution is 2.65. The molecule has 0 aliphatic carbocycles. The Bertz CT molecular complexity index is 872. The highest BCUT2D eigenvalue weighted by Gasteiger charge is 2.79. The third kappa shape index (κ3) is 4.40. The summed E-state index contributed by atoms with van der Waals surface area (Å²) >= 11 is 0. The van der Waals surface area contributed by atoms with Gasteiger partial charge in [0.2, 0.25) is 11.8 Å². The molecule has 2 amide bonds. The maximum atomic E-state index is 14.2. The summed E-state index contributed by atoms with van der Waals surface area (Å²) in [5, 5.41) is 10.3. The van der Waals surface area contributed by atoms with Crippen LogP contribution in [0.2, 0.25) is 0 Å². The molecule has 3 saturated heterocycles. The lowest BCUT2D eigenvalue weighted by molar-refractivity contribution is -0.164. The number of ether oxygens (including phenoxy) is 2. The molecular weight excluding hydrogens is 460 g/mol. The first-order valence-electron chi connectivity index (χ1n) is 13.4. The molecule has 36 heavy (non-hydrogen) atoms. The zero-order valence-electron chi connectivity index (χ0n) is 22.6. The topological polar surface area (TPSA) is 96.4 Å². The fourth-order valence-electron chi connectivity index (χ4n) is 6.61. The van der Waals surface area contributed by atoms with E-state index >= 15 is 0 Å². The standard InChI is InChI=1S/C28H44N2O6/c1-8-11-12-16-35-26(34)22-21-24(32)30(20(17-31)18(4)5)23(25(33)29(15-9-2)19(6)7)28(21)14-13-27(22,10-3)36-28/h8-9,18-23,31H,1-2,10-17H2,3-7H3/t20-,21-,22-,23?,27+,28?/m0/s1. The molecule has 0 aromatic carbocycles. The fourth-order valence-corrected chi connectivity index (χ4v) is 6.61. The van der Waals surface area contributed by atoms with Crippen LogP contribution in [0.5, 0.6) is 0 Å². The number of hydrogen-bond acceptors (Lipinski definition) is 6. The number of aliphatic hydroxyl groups excluding tert-OH is 1. The summed E-state index contributed by atoms with van der Waals surface area (Å²) in [6.45, 7) is 17.4. The predicted molar refractivity (Wildman–Crippen MR) is 137 cm³/mol. The van der Waals surface area contributed by atoms with Gasteiger partial charge in [-0.1, -0.05) is 32.9 Å².